The molecule has 2 aromatic heterocycles. The lowest BCUT2D eigenvalue weighted by atomic mass is 10.3. The second-order valence-electron chi connectivity index (χ2n) is 2.10. The van der Waals surface area contributed by atoms with Crippen molar-refractivity contribution in [3.05, 3.63) is 28.4 Å². The van der Waals surface area contributed by atoms with E-state index in [1.165, 1.54) is 0 Å². The van der Waals surface area contributed by atoms with Gasteiger partial charge in [0.2, 0.25) is 5.89 Å². The lowest BCUT2D eigenvalue weighted by Crippen LogP contribution is -1.77. The average molecular weight is 273 g/mol. The Balaban J connectivity index is 2.45. The topological polar surface area (TPSA) is 51.8 Å². The lowest BCUT2D eigenvalue weighted by Gasteiger charge is -1.89. The van der Waals surface area contributed by atoms with Crippen molar-refractivity contribution >= 4 is 22.6 Å². The Morgan fingerprint density at radius 1 is 1.17 bits per heavy atom. The third kappa shape index (κ3) is 1.45. The van der Waals surface area contributed by atoms with E-state index < -0.39 is 0 Å². The third-order valence-electron chi connectivity index (χ3n) is 1.33. The van der Waals surface area contributed by atoms with Crippen LogP contribution < -0.4 is 0 Å². The predicted octanol–water partition coefficient (Wildman–Crippen LogP) is 1.74. The van der Waals surface area contributed by atoms with Crippen molar-refractivity contribution in [2.24, 2.45) is 0 Å². The smallest absolute Gasteiger partial charge is 0.278 e. The fraction of sp³-hybridized carbons (Fsp3) is 0. The number of hydrogen-bond donors (Lipinski definition) is 0. The SMILES string of the molecule is Ic1nnc(-c2ccncc2)o1. The summed E-state index contributed by atoms with van der Waals surface area (Å²) in [4.78, 5) is 3.89. The molecule has 2 aromatic rings. The molecule has 12 heavy (non-hydrogen) atoms. The van der Waals surface area contributed by atoms with Gasteiger partial charge in [0.25, 0.3) is 3.90 Å². The van der Waals surface area contributed by atoms with Crippen molar-refractivity contribution in [3.63, 3.8) is 0 Å². The van der Waals surface area contributed by atoms with Crippen LogP contribution in [0.15, 0.2) is 28.9 Å². The van der Waals surface area contributed by atoms with E-state index >= 15 is 0 Å². The van der Waals surface area contributed by atoms with Crippen LogP contribution in [0.3, 0.4) is 0 Å². The number of hydrogen-bond acceptors (Lipinski definition) is 4. The number of pyridine rings is 1. The van der Waals surface area contributed by atoms with Gasteiger partial charge in [-0.05, 0) is 12.1 Å². The maximum absolute atomic E-state index is 5.21. The molecular formula is C7H4IN3O. The van der Waals surface area contributed by atoms with Gasteiger partial charge in [0.05, 0.1) is 0 Å². The molecule has 0 unspecified atom stereocenters. The monoisotopic (exact) mass is 273 g/mol. The number of rotatable bonds is 1. The van der Waals surface area contributed by atoms with E-state index in [0.717, 1.165) is 5.56 Å². The summed E-state index contributed by atoms with van der Waals surface area (Å²) < 4.78 is 5.75. The zero-order valence-corrected chi connectivity index (χ0v) is 8.09. The summed E-state index contributed by atoms with van der Waals surface area (Å²) in [5.74, 6) is 0.529. The van der Waals surface area contributed by atoms with Crippen LogP contribution in [0.1, 0.15) is 0 Å². The molecule has 0 saturated carbocycles. The maximum atomic E-state index is 5.21. The minimum absolute atomic E-state index is 0.529. The van der Waals surface area contributed by atoms with E-state index in [9.17, 15) is 0 Å². The Hall–Kier alpha value is -0.980. The molecule has 0 N–H and O–H groups in total. The molecule has 0 atom stereocenters. The molecule has 0 saturated heterocycles. The number of nitrogens with zero attached hydrogens (tertiary/aromatic N) is 3. The highest BCUT2D eigenvalue weighted by molar-refractivity contribution is 14.1. The van der Waals surface area contributed by atoms with Gasteiger partial charge < -0.3 is 4.42 Å². The van der Waals surface area contributed by atoms with Gasteiger partial charge in [-0.25, -0.2) is 0 Å². The average Bonchev–Trinajstić information content (AvgIpc) is 2.54. The Bertz CT molecular complexity index is 373. The van der Waals surface area contributed by atoms with Gasteiger partial charge in [-0.1, -0.05) is 0 Å². The first-order valence-electron chi connectivity index (χ1n) is 3.25. The Kier molecular flexibility index (Phi) is 2.03. The minimum atomic E-state index is 0.529. The third-order valence-corrected chi connectivity index (χ3v) is 1.76. The zero-order valence-electron chi connectivity index (χ0n) is 5.94. The van der Waals surface area contributed by atoms with Crippen LogP contribution in [0.2, 0.25) is 0 Å². The van der Waals surface area contributed by atoms with Crippen molar-refractivity contribution in [1.82, 2.24) is 15.2 Å². The van der Waals surface area contributed by atoms with Crippen LogP contribution in [0, 0.1) is 3.90 Å². The summed E-state index contributed by atoms with van der Waals surface area (Å²) >= 11 is 1.97. The molecule has 4 nitrogen and oxygen atoms in total. The second-order valence-corrected chi connectivity index (χ2v) is 3.02. The lowest BCUT2D eigenvalue weighted by molar-refractivity contribution is 0.537. The van der Waals surface area contributed by atoms with E-state index in [2.05, 4.69) is 15.2 Å². The Labute approximate surface area is 82.2 Å². The molecular weight excluding hydrogens is 269 g/mol. The number of aromatic nitrogens is 3. The van der Waals surface area contributed by atoms with Gasteiger partial charge >= 0.3 is 0 Å². The van der Waals surface area contributed by atoms with Crippen LogP contribution in [-0.4, -0.2) is 15.2 Å². The number of halogens is 1. The van der Waals surface area contributed by atoms with Gasteiger partial charge in [0.15, 0.2) is 0 Å². The highest BCUT2D eigenvalue weighted by Crippen LogP contribution is 2.16. The van der Waals surface area contributed by atoms with Crippen LogP contribution in [0.5, 0.6) is 0 Å². The van der Waals surface area contributed by atoms with Crippen molar-refractivity contribution in [2.45, 2.75) is 0 Å². The first-order valence-corrected chi connectivity index (χ1v) is 4.33. The standard InChI is InChI=1S/C7H4IN3O/c8-7-11-10-6(12-7)5-1-3-9-4-2-5/h1-4H. The quantitative estimate of drug-likeness (QED) is 0.742. The summed E-state index contributed by atoms with van der Waals surface area (Å²) in [6.45, 7) is 0. The van der Waals surface area contributed by atoms with E-state index in [1.54, 1.807) is 12.4 Å². The van der Waals surface area contributed by atoms with Gasteiger partial charge in [-0.15, -0.1) is 10.2 Å². The Morgan fingerprint density at radius 2 is 1.92 bits per heavy atom. The van der Waals surface area contributed by atoms with Crippen LogP contribution in [0.25, 0.3) is 11.5 Å². The molecule has 2 rings (SSSR count). The molecule has 0 radical (unpaired) electrons. The first kappa shape index (κ1) is 7.66. The molecule has 0 aliphatic heterocycles. The summed E-state index contributed by atoms with van der Waals surface area (Å²) in [7, 11) is 0. The van der Waals surface area contributed by atoms with Gasteiger partial charge in [-0.2, -0.15) is 0 Å². The van der Waals surface area contributed by atoms with E-state index in [-0.39, 0.29) is 0 Å². The van der Waals surface area contributed by atoms with E-state index in [1.807, 2.05) is 34.7 Å². The zero-order chi connectivity index (χ0) is 8.39. The van der Waals surface area contributed by atoms with Crippen molar-refractivity contribution in [3.8, 4) is 11.5 Å². The fourth-order valence-corrected chi connectivity index (χ4v) is 1.13. The van der Waals surface area contributed by atoms with E-state index in [0.29, 0.717) is 9.79 Å². The van der Waals surface area contributed by atoms with Gasteiger partial charge in [0.1, 0.15) is 0 Å². The van der Waals surface area contributed by atoms with Crippen molar-refractivity contribution in [2.75, 3.05) is 0 Å². The summed E-state index contributed by atoms with van der Waals surface area (Å²) in [5.41, 5.74) is 0.889. The predicted molar refractivity (Wildman–Crippen MR) is 50.2 cm³/mol. The van der Waals surface area contributed by atoms with Crippen LogP contribution in [0.4, 0.5) is 0 Å². The highest BCUT2D eigenvalue weighted by atomic mass is 127. The van der Waals surface area contributed by atoms with Crippen molar-refractivity contribution in [1.29, 1.82) is 0 Å². The molecule has 0 amide bonds. The molecule has 0 aromatic carbocycles. The van der Waals surface area contributed by atoms with Gasteiger partial charge in [0, 0.05) is 40.5 Å². The molecule has 0 aliphatic carbocycles. The summed E-state index contributed by atoms with van der Waals surface area (Å²) in [6.07, 6.45) is 3.37. The molecule has 2 heterocycles. The Morgan fingerprint density at radius 3 is 2.50 bits per heavy atom. The van der Waals surface area contributed by atoms with E-state index in [4.69, 9.17) is 4.42 Å². The van der Waals surface area contributed by atoms with Crippen molar-refractivity contribution < 1.29 is 4.42 Å². The van der Waals surface area contributed by atoms with Crippen LogP contribution >= 0.6 is 22.6 Å². The molecule has 0 aliphatic rings. The van der Waals surface area contributed by atoms with Gasteiger partial charge in [-0.3, -0.25) is 4.98 Å². The van der Waals surface area contributed by atoms with Crippen LogP contribution in [-0.2, 0) is 0 Å². The summed E-state index contributed by atoms with van der Waals surface area (Å²) in [5, 5.41) is 7.58. The normalized spacial score (nSPS) is 10.1. The molecule has 0 spiro atoms. The minimum Gasteiger partial charge on any atom is -0.412 e. The summed E-state index contributed by atoms with van der Waals surface area (Å²) in [6, 6.07) is 3.65. The first-order chi connectivity index (χ1) is 5.86. The highest BCUT2D eigenvalue weighted by Gasteiger charge is 2.04. The molecule has 0 bridgehead atoms. The second kappa shape index (κ2) is 3.18. The maximum Gasteiger partial charge on any atom is 0.278 e. The molecule has 60 valence electrons. The molecule has 0 fully saturated rings. The molecule has 5 heteroatoms. The largest absolute Gasteiger partial charge is 0.412 e. The fourth-order valence-electron chi connectivity index (χ4n) is 0.816.